The van der Waals surface area contributed by atoms with Crippen molar-refractivity contribution in [3.8, 4) is 0 Å². The van der Waals surface area contributed by atoms with Crippen LogP contribution >= 0.6 is 0 Å². The van der Waals surface area contributed by atoms with E-state index in [-0.39, 0.29) is 31.1 Å². The Hall–Kier alpha value is -3.93. The lowest BCUT2D eigenvalue weighted by Gasteiger charge is -2.18. The molecular formula is C70H118O6. The van der Waals surface area contributed by atoms with E-state index >= 15 is 0 Å². The fourth-order valence-corrected chi connectivity index (χ4v) is 8.75. The van der Waals surface area contributed by atoms with Crippen molar-refractivity contribution in [1.29, 1.82) is 0 Å². The maximum atomic E-state index is 12.9. The van der Waals surface area contributed by atoms with Gasteiger partial charge in [0.2, 0.25) is 0 Å². The number of allylic oxidation sites excluding steroid dienone is 18. The molecule has 0 aromatic heterocycles. The zero-order valence-electron chi connectivity index (χ0n) is 49.7. The number of hydrogen-bond donors (Lipinski definition) is 0. The largest absolute Gasteiger partial charge is 0.462 e. The highest BCUT2D eigenvalue weighted by Crippen LogP contribution is 2.16. The van der Waals surface area contributed by atoms with Gasteiger partial charge in [-0.2, -0.15) is 0 Å². The SMILES string of the molecule is CC/C=C\C/C=C\C/C=C\C/C=C\C/C=C\C/C=C\CCCCCCCCCCCCC(=O)OCC(COC(=O)CCCCCCCCCCCC)OC(=O)CCCCCCCC/C=C\C/C=C\C/C=C\CCCCC. The van der Waals surface area contributed by atoms with E-state index in [1.54, 1.807) is 0 Å². The Morgan fingerprint density at radius 2 is 0.513 bits per heavy atom. The van der Waals surface area contributed by atoms with Gasteiger partial charge < -0.3 is 14.2 Å². The zero-order valence-corrected chi connectivity index (χ0v) is 49.7. The molecule has 0 bridgehead atoms. The van der Waals surface area contributed by atoms with Crippen LogP contribution in [0, 0.1) is 0 Å². The molecule has 0 aliphatic carbocycles. The highest BCUT2D eigenvalue weighted by molar-refractivity contribution is 5.71. The zero-order chi connectivity index (χ0) is 55.0. The van der Waals surface area contributed by atoms with Crippen molar-refractivity contribution in [2.45, 2.75) is 303 Å². The first-order valence-electron chi connectivity index (χ1n) is 31.9. The highest BCUT2D eigenvalue weighted by atomic mass is 16.6. The number of carbonyl (C=O) groups is 3. The highest BCUT2D eigenvalue weighted by Gasteiger charge is 2.19. The number of esters is 3. The minimum absolute atomic E-state index is 0.0830. The van der Waals surface area contributed by atoms with E-state index in [2.05, 4.69) is 130 Å². The van der Waals surface area contributed by atoms with Crippen LogP contribution in [0.1, 0.15) is 297 Å². The molecular weight excluding hydrogens is 937 g/mol. The van der Waals surface area contributed by atoms with Crippen LogP contribution in [0.25, 0.3) is 0 Å². The van der Waals surface area contributed by atoms with Crippen molar-refractivity contribution in [3.63, 3.8) is 0 Å². The van der Waals surface area contributed by atoms with Crippen LogP contribution in [0.3, 0.4) is 0 Å². The minimum Gasteiger partial charge on any atom is -0.462 e. The van der Waals surface area contributed by atoms with Gasteiger partial charge in [0.1, 0.15) is 13.2 Å². The van der Waals surface area contributed by atoms with Gasteiger partial charge in [0.25, 0.3) is 0 Å². The molecule has 1 atom stereocenters. The molecule has 0 radical (unpaired) electrons. The van der Waals surface area contributed by atoms with Gasteiger partial charge in [-0.1, -0.05) is 278 Å². The standard InChI is InChI=1S/C70H118O6/c1-4-7-10-13-16-19-22-24-26-28-30-31-32-33-34-35-36-37-38-39-41-42-44-46-48-51-54-57-60-63-69(72)75-66-67(65-74-68(71)62-59-56-53-50-21-18-15-12-9-6-3)76-70(73)64-61-58-55-52-49-47-45-43-40-29-27-25-23-20-17-14-11-8-5-2/h7,10,16-17,19-20,24-27,30-31,33-34,36-37,40,43,67H,4-6,8-9,11-15,18,21-23,28-29,32,35,38-39,41-42,44-66H2,1-3H3/b10-7-,19-16-,20-17-,26-24-,27-25-,31-30-,34-33-,37-36-,43-40-. The average Bonchev–Trinajstić information content (AvgIpc) is 3.42. The second kappa shape index (κ2) is 63.6. The van der Waals surface area contributed by atoms with Gasteiger partial charge in [0, 0.05) is 19.3 Å². The van der Waals surface area contributed by atoms with E-state index in [1.165, 1.54) is 135 Å². The molecule has 0 heterocycles. The third-order valence-electron chi connectivity index (χ3n) is 13.5. The summed E-state index contributed by atoms with van der Waals surface area (Å²) in [4.78, 5) is 38.2. The van der Waals surface area contributed by atoms with E-state index in [4.69, 9.17) is 14.2 Å². The fraction of sp³-hybridized carbons (Fsp3) is 0.700. The van der Waals surface area contributed by atoms with Crippen LogP contribution in [-0.4, -0.2) is 37.2 Å². The van der Waals surface area contributed by atoms with Gasteiger partial charge >= 0.3 is 17.9 Å². The molecule has 0 aliphatic rings. The predicted molar refractivity (Wildman–Crippen MR) is 330 cm³/mol. The van der Waals surface area contributed by atoms with Crippen LogP contribution in [-0.2, 0) is 28.6 Å². The summed E-state index contributed by atoms with van der Waals surface area (Å²) >= 11 is 0. The quantitative estimate of drug-likeness (QED) is 0.0261. The third kappa shape index (κ3) is 60.9. The molecule has 0 saturated carbocycles. The number of hydrogen-bond acceptors (Lipinski definition) is 6. The first-order chi connectivity index (χ1) is 37.5. The molecule has 6 nitrogen and oxygen atoms in total. The van der Waals surface area contributed by atoms with Gasteiger partial charge in [-0.3, -0.25) is 14.4 Å². The van der Waals surface area contributed by atoms with Crippen LogP contribution in [0.15, 0.2) is 109 Å². The van der Waals surface area contributed by atoms with Gasteiger partial charge in [-0.15, -0.1) is 0 Å². The lowest BCUT2D eigenvalue weighted by Crippen LogP contribution is -2.30. The predicted octanol–water partition coefficient (Wildman–Crippen LogP) is 21.8. The monoisotopic (exact) mass is 1050 g/mol. The summed E-state index contributed by atoms with van der Waals surface area (Å²) in [7, 11) is 0. The number of rotatable bonds is 57. The summed E-state index contributed by atoms with van der Waals surface area (Å²) in [5.74, 6) is -0.895. The Balaban J connectivity index is 4.26. The maximum absolute atomic E-state index is 12.9. The molecule has 0 aromatic rings. The smallest absolute Gasteiger partial charge is 0.306 e. The second-order valence-corrected chi connectivity index (χ2v) is 20.9. The topological polar surface area (TPSA) is 78.9 Å². The van der Waals surface area contributed by atoms with E-state index in [0.717, 1.165) is 122 Å². The summed E-state index contributed by atoms with van der Waals surface area (Å²) in [6.07, 6.45) is 86.6. The molecule has 0 rings (SSSR count). The Labute approximate surface area is 470 Å². The van der Waals surface area contributed by atoms with Crippen molar-refractivity contribution in [2.24, 2.45) is 0 Å². The summed E-state index contributed by atoms with van der Waals surface area (Å²) in [6.45, 7) is 6.49. The van der Waals surface area contributed by atoms with E-state index in [0.29, 0.717) is 19.3 Å². The number of unbranched alkanes of at least 4 members (excludes halogenated alkanes) is 28. The molecule has 0 aliphatic heterocycles. The number of carbonyl (C=O) groups excluding carboxylic acids is 3. The maximum Gasteiger partial charge on any atom is 0.306 e. The van der Waals surface area contributed by atoms with Crippen LogP contribution in [0.5, 0.6) is 0 Å². The molecule has 1 unspecified atom stereocenters. The first kappa shape index (κ1) is 72.1. The van der Waals surface area contributed by atoms with Gasteiger partial charge in [0.05, 0.1) is 0 Å². The average molecular weight is 1060 g/mol. The molecule has 0 fully saturated rings. The van der Waals surface area contributed by atoms with Crippen molar-refractivity contribution < 1.29 is 28.6 Å². The number of ether oxygens (including phenoxy) is 3. The van der Waals surface area contributed by atoms with Crippen molar-refractivity contribution >= 4 is 17.9 Å². The Morgan fingerprint density at radius 3 is 0.829 bits per heavy atom. The summed E-state index contributed by atoms with van der Waals surface area (Å²) < 4.78 is 16.9. The van der Waals surface area contributed by atoms with Crippen LogP contribution in [0.4, 0.5) is 0 Å². The van der Waals surface area contributed by atoms with Gasteiger partial charge in [-0.05, 0) is 109 Å². The summed E-state index contributed by atoms with van der Waals surface area (Å²) in [5, 5.41) is 0. The molecule has 0 aromatic carbocycles. The third-order valence-corrected chi connectivity index (χ3v) is 13.5. The summed E-state index contributed by atoms with van der Waals surface area (Å²) in [5.41, 5.74) is 0. The van der Waals surface area contributed by atoms with E-state index < -0.39 is 6.10 Å². The molecule has 6 heteroatoms. The van der Waals surface area contributed by atoms with Crippen molar-refractivity contribution in [1.82, 2.24) is 0 Å². The molecule has 0 amide bonds. The molecule has 0 spiro atoms. The molecule has 434 valence electrons. The molecule has 0 N–H and O–H groups in total. The van der Waals surface area contributed by atoms with Gasteiger partial charge in [-0.25, -0.2) is 0 Å². The van der Waals surface area contributed by atoms with Crippen LogP contribution < -0.4 is 0 Å². The van der Waals surface area contributed by atoms with E-state index in [9.17, 15) is 14.4 Å². The Morgan fingerprint density at radius 1 is 0.276 bits per heavy atom. The minimum atomic E-state index is -0.787. The fourth-order valence-electron chi connectivity index (χ4n) is 8.75. The summed E-state index contributed by atoms with van der Waals surface area (Å²) in [6, 6.07) is 0. The molecule has 76 heavy (non-hydrogen) atoms. The second-order valence-electron chi connectivity index (χ2n) is 20.9. The molecule has 0 saturated heterocycles. The van der Waals surface area contributed by atoms with Crippen molar-refractivity contribution in [2.75, 3.05) is 13.2 Å². The lowest BCUT2D eigenvalue weighted by molar-refractivity contribution is -0.167. The normalized spacial score (nSPS) is 12.8. The first-order valence-corrected chi connectivity index (χ1v) is 31.9. The van der Waals surface area contributed by atoms with Crippen molar-refractivity contribution in [3.05, 3.63) is 109 Å². The Bertz CT molecular complexity index is 1540. The van der Waals surface area contributed by atoms with E-state index in [1.807, 2.05) is 0 Å². The lowest BCUT2D eigenvalue weighted by atomic mass is 10.1. The van der Waals surface area contributed by atoms with Crippen LogP contribution in [0.2, 0.25) is 0 Å². The Kier molecular flexibility index (Phi) is 60.3. The van der Waals surface area contributed by atoms with Gasteiger partial charge in [0.15, 0.2) is 6.10 Å².